The summed E-state index contributed by atoms with van der Waals surface area (Å²) in [6.07, 6.45) is 0. The van der Waals surface area contributed by atoms with Gasteiger partial charge in [0.25, 0.3) is 0 Å². The van der Waals surface area contributed by atoms with Crippen molar-refractivity contribution in [1.82, 2.24) is 0 Å². The minimum atomic E-state index is -1.54. The molecular formula is C13H12BFO3. The van der Waals surface area contributed by atoms with Gasteiger partial charge < -0.3 is 14.8 Å². The monoisotopic (exact) mass is 246 g/mol. The van der Waals surface area contributed by atoms with Crippen molar-refractivity contribution in [2.24, 2.45) is 0 Å². The smallest absolute Gasteiger partial charge is 0.457 e. The van der Waals surface area contributed by atoms with Gasteiger partial charge in [-0.25, -0.2) is 4.39 Å². The highest BCUT2D eigenvalue weighted by molar-refractivity contribution is 6.58. The van der Waals surface area contributed by atoms with Crippen LogP contribution in [0.4, 0.5) is 4.39 Å². The maximum Gasteiger partial charge on any atom is 0.488 e. The zero-order valence-corrected chi connectivity index (χ0v) is 9.80. The number of benzene rings is 2. The quantitative estimate of drug-likeness (QED) is 0.809. The van der Waals surface area contributed by atoms with Gasteiger partial charge in [-0.15, -0.1) is 0 Å². The summed E-state index contributed by atoms with van der Waals surface area (Å²) in [4.78, 5) is 0. The fourth-order valence-corrected chi connectivity index (χ4v) is 1.62. The van der Waals surface area contributed by atoms with Gasteiger partial charge in [-0.2, -0.15) is 0 Å². The molecule has 3 nitrogen and oxygen atoms in total. The van der Waals surface area contributed by atoms with Crippen LogP contribution >= 0.6 is 0 Å². The molecule has 0 aliphatic rings. The summed E-state index contributed by atoms with van der Waals surface area (Å²) in [5.74, 6) is 0.628. The van der Waals surface area contributed by atoms with E-state index in [0.29, 0.717) is 17.0 Å². The van der Waals surface area contributed by atoms with Crippen molar-refractivity contribution in [3.63, 3.8) is 0 Å². The summed E-state index contributed by atoms with van der Waals surface area (Å²) in [5.41, 5.74) is 1.20. The molecule has 0 aliphatic heterocycles. The maximum absolute atomic E-state index is 12.7. The van der Waals surface area contributed by atoms with Crippen molar-refractivity contribution in [3.8, 4) is 11.5 Å². The highest BCUT2D eigenvalue weighted by atomic mass is 19.1. The average Bonchev–Trinajstić information content (AvgIpc) is 2.31. The zero-order chi connectivity index (χ0) is 13.1. The first-order valence-corrected chi connectivity index (χ1v) is 5.46. The molecule has 0 unspecified atom stereocenters. The molecule has 0 spiro atoms. The number of aryl methyl sites for hydroxylation is 1. The van der Waals surface area contributed by atoms with Crippen LogP contribution in [-0.4, -0.2) is 17.2 Å². The maximum atomic E-state index is 12.7. The van der Waals surface area contributed by atoms with Gasteiger partial charge in [-0.05, 0) is 54.3 Å². The Morgan fingerprint density at radius 1 is 1.00 bits per heavy atom. The van der Waals surface area contributed by atoms with Crippen LogP contribution in [0.25, 0.3) is 0 Å². The summed E-state index contributed by atoms with van der Waals surface area (Å²) in [5, 5.41) is 18.3. The van der Waals surface area contributed by atoms with E-state index in [1.165, 1.54) is 30.3 Å². The van der Waals surface area contributed by atoms with Crippen LogP contribution in [0.1, 0.15) is 5.56 Å². The molecule has 2 rings (SSSR count). The van der Waals surface area contributed by atoms with Crippen LogP contribution in [0.2, 0.25) is 0 Å². The van der Waals surface area contributed by atoms with Gasteiger partial charge >= 0.3 is 7.12 Å². The molecule has 0 aliphatic carbocycles. The van der Waals surface area contributed by atoms with Crippen molar-refractivity contribution in [3.05, 3.63) is 53.8 Å². The molecule has 0 fully saturated rings. The molecule has 2 aromatic rings. The zero-order valence-electron chi connectivity index (χ0n) is 9.80. The third kappa shape index (κ3) is 3.09. The standard InChI is InChI=1S/C13H12BFO3/c1-9-6-10(14(16)17)8-13(7-9)18-12-4-2-11(15)3-5-12/h2-8,16-17H,1H3. The van der Waals surface area contributed by atoms with E-state index in [1.807, 2.05) is 6.92 Å². The Kier molecular flexibility index (Phi) is 3.65. The first-order chi connectivity index (χ1) is 8.54. The molecule has 0 saturated heterocycles. The van der Waals surface area contributed by atoms with Crippen molar-refractivity contribution in [2.75, 3.05) is 0 Å². The Morgan fingerprint density at radius 2 is 1.67 bits per heavy atom. The molecule has 18 heavy (non-hydrogen) atoms. The predicted molar refractivity (Wildman–Crippen MR) is 67.5 cm³/mol. The van der Waals surface area contributed by atoms with Crippen molar-refractivity contribution in [2.45, 2.75) is 6.92 Å². The molecule has 5 heteroatoms. The Balaban J connectivity index is 2.26. The second-order valence-corrected chi connectivity index (χ2v) is 4.01. The lowest BCUT2D eigenvalue weighted by molar-refractivity contribution is 0.425. The summed E-state index contributed by atoms with van der Waals surface area (Å²) in [7, 11) is -1.54. The number of halogens is 1. The van der Waals surface area contributed by atoms with Gasteiger partial charge in [0.1, 0.15) is 17.3 Å². The lowest BCUT2D eigenvalue weighted by Crippen LogP contribution is -2.29. The first kappa shape index (κ1) is 12.6. The van der Waals surface area contributed by atoms with Crippen molar-refractivity contribution < 1.29 is 19.2 Å². The Bertz CT molecular complexity index is 540. The van der Waals surface area contributed by atoms with E-state index in [0.717, 1.165) is 5.56 Å². The predicted octanol–water partition coefficient (Wildman–Crippen LogP) is 1.61. The molecule has 2 N–H and O–H groups in total. The highest BCUT2D eigenvalue weighted by Gasteiger charge is 2.12. The topological polar surface area (TPSA) is 49.7 Å². The van der Waals surface area contributed by atoms with Crippen LogP contribution in [0.15, 0.2) is 42.5 Å². The molecule has 0 radical (unpaired) electrons. The molecule has 0 heterocycles. The van der Waals surface area contributed by atoms with Crippen LogP contribution in [-0.2, 0) is 0 Å². The second kappa shape index (κ2) is 5.20. The van der Waals surface area contributed by atoms with E-state index in [1.54, 1.807) is 12.1 Å². The van der Waals surface area contributed by atoms with E-state index in [4.69, 9.17) is 14.8 Å². The van der Waals surface area contributed by atoms with Crippen LogP contribution in [0.3, 0.4) is 0 Å². The van der Waals surface area contributed by atoms with Crippen molar-refractivity contribution >= 4 is 12.6 Å². The number of rotatable bonds is 3. The number of hydrogen-bond donors (Lipinski definition) is 2. The normalized spacial score (nSPS) is 10.2. The first-order valence-electron chi connectivity index (χ1n) is 5.46. The van der Waals surface area contributed by atoms with Crippen LogP contribution in [0.5, 0.6) is 11.5 Å². The minimum absolute atomic E-state index is 0.335. The van der Waals surface area contributed by atoms with Gasteiger partial charge in [0.05, 0.1) is 0 Å². The van der Waals surface area contributed by atoms with E-state index >= 15 is 0 Å². The van der Waals surface area contributed by atoms with E-state index < -0.39 is 7.12 Å². The fourth-order valence-electron chi connectivity index (χ4n) is 1.62. The Morgan fingerprint density at radius 3 is 2.28 bits per heavy atom. The van der Waals surface area contributed by atoms with Gasteiger partial charge in [-0.3, -0.25) is 0 Å². The summed E-state index contributed by atoms with van der Waals surface area (Å²) in [6, 6.07) is 10.6. The second-order valence-electron chi connectivity index (χ2n) is 4.01. The molecular weight excluding hydrogens is 234 g/mol. The van der Waals surface area contributed by atoms with Gasteiger partial charge in [0, 0.05) is 0 Å². The summed E-state index contributed by atoms with van der Waals surface area (Å²) >= 11 is 0. The van der Waals surface area contributed by atoms with Crippen molar-refractivity contribution in [1.29, 1.82) is 0 Å². The SMILES string of the molecule is Cc1cc(Oc2ccc(F)cc2)cc(B(O)O)c1. The molecule has 0 aromatic heterocycles. The Hall–Kier alpha value is -1.85. The average molecular weight is 246 g/mol. The lowest BCUT2D eigenvalue weighted by atomic mass is 9.79. The highest BCUT2D eigenvalue weighted by Crippen LogP contribution is 2.21. The van der Waals surface area contributed by atoms with E-state index in [9.17, 15) is 4.39 Å². The third-order valence-corrected chi connectivity index (χ3v) is 2.42. The van der Waals surface area contributed by atoms with Gasteiger partial charge in [0.2, 0.25) is 0 Å². The molecule has 0 atom stereocenters. The summed E-state index contributed by atoms with van der Waals surface area (Å²) < 4.78 is 18.3. The fraction of sp³-hybridized carbons (Fsp3) is 0.0769. The Labute approximate surface area is 105 Å². The van der Waals surface area contributed by atoms with Crippen LogP contribution in [0, 0.1) is 12.7 Å². The van der Waals surface area contributed by atoms with Gasteiger partial charge in [0.15, 0.2) is 0 Å². The van der Waals surface area contributed by atoms with Gasteiger partial charge in [-0.1, -0.05) is 6.07 Å². The molecule has 0 saturated carbocycles. The molecule has 92 valence electrons. The largest absolute Gasteiger partial charge is 0.488 e. The molecule has 2 aromatic carbocycles. The molecule has 0 bridgehead atoms. The molecule has 0 amide bonds. The van der Waals surface area contributed by atoms with Crippen LogP contribution < -0.4 is 10.2 Å². The third-order valence-electron chi connectivity index (χ3n) is 2.42. The van der Waals surface area contributed by atoms with E-state index in [2.05, 4.69) is 0 Å². The summed E-state index contributed by atoms with van der Waals surface area (Å²) in [6.45, 7) is 1.82. The lowest BCUT2D eigenvalue weighted by Gasteiger charge is -2.09. The number of ether oxygens (including phenoxy) is 1. The minimum Gasteiger partial charge on any atom is -0.457 e. The number of hydrogen-bond acceptors (Lipinski definition) is 3. The van der Waals surface area contributed by atoms with E-state index in [-0.39, 0.29) is 5.82 Å².